The molecule has 2 aromatic heterocycles. The Balaban J connectivity index is 2.06. The molecule has 0 atom stereocenters. The number of nitrogens with zero attached hydrogens (tertiary/aromatic N) is 3. The molecule has 0 spiro atoms. The molecule has 18 heavy (non-hydrogen) atoms. The van der Waals surface area contributed by atoms with E-state index in [0.717, 1.165) is 18.7 Å². The first-order valence-corrected chi connectivity index (χ1v) is 6.66. The van der Waals surface area contributed by atoms with Crippen LogP contribution >= 0.6 is 11.8 Å². The van der Waals surface area contributed by atoms with Crippen LogP contribution in [0.3, 0.4) is 0 Å². The highest BCUT2D eigenvalue weighted by molar-refractivity contribution is 7.98. The first-order valence-electron chi connectivity index (χ1n) is 5.67. The normalized spacial score (nSPS) is 10.7. The van der Waals surface area contributed by atoms with E-state index in [0.29, 0.717) is 10.9 Å². The van der Waals surface area contributed by atoms with Gasteiger partial charge < -0.3 is 15.3 Å². The van der Waals surface area contributed by atoms with Crippen LogP contribution < -0.4 is 11.3 Å². The smallest absolute Gasteiger partial charge is 0.253 e. The van der Waals surface area contributed by atoms with Crippen LogP contribution in [0.5, 0.6) is 0 Å². The van der Waals surface area contributed by atoms with E-state index in [1.807, 2.05) is 12.5 Å². The molecule has 2 heterocycles. The van der Waals surface area contributed by atoms with Gasteiger partial charge in [0.15, 0.2) is 5.16 Å². The minimum absolute atomic E-state index is 0.230. The average molecular weight is 265 g/mol. The Kier molecular flexibility index (Phi) is 4.03. The van der Waals surface area contributed by atoms with Crippen molar-refractivity contribution in [3.05, 3.63) is 34.6 Å². The summed E-state index contributed by atoms with van der Waals surface area (Å²) < 4.78 is 2.09. The van der Waals surface area contributed by atoms with Gasteiger partial charge >= 0.3 is 0 Å². The molecule has 0 amide bonds. The van der Waals surface area contributed by atoms with E-state index in [1.54, 1.807) is 0 Å². The predicted molar refractivity (Wildman–Crippen MR) is 71.3 cm³/mol. The highest BCUT2D eigenvalue weighted by atomic mass is 32.2. The van der Waals surface area contributed by atoms with Gasteiger partial charge in [-0.15, -0.1) is 0 Å². The van der Waals surface area contributed by atoms with Gasteiger partial charge in [-0.05, 0) is 6.42 Å². The third-order valence-electron chi connectivity index (χ3n) is 2.36. The van der Waals surface area contributed by atoms with Crippen molar-refractivity contribution >= 4 is 17.6 Å². The second-order valence-corrected chi connectivity index (χ2v) is 4.81. The molecule has 0 fully saturated rings. The molecule has 0 saturated heterocycles. The first-order chi connectivity index (χ1) is 8.69. The van der Waals surface area contributed by atoms with E-state index in [9.17, 15) is 4.79 Å². The minimum Gasteiger partial charge on any atom is -0.383 e. The van der Waals surface area contributed by atoms with Gasteiger partial charge in [0, 0.05) is 30.3 Å². The molecule has 96 valence electrons. The molecular weight excluding hydrogens is 250 g/mol. The molecule has 6 nitrogen and oxygen atoms in total. The van der Waals surface area contributed by atoms with Gasteiger partial charge in [0.05, 0.1) is 6.33 Å². The van der Waals surface area contributed by atoms with Crippen LogP contribution in [-0.4, -0.2) is 19.5 Å². The maximum Gasteiger partial charge on any atom is 0.253 e. The summed E-state index contributed by atoms with van der Waals surface area (Å²) in [5.74, 6) is 0.940. The summed E-state index contributed by atoms with van der Waals surface area (Å²) in [5.41, 5.74) is 6.40. The van der Waals surface area contributed by atoms with E-state index >= 15 is 0 Å². The summed E-state index contributed by atoms with van der Waals surface area (Å²) in [6.45, 7) is 3.06. The quantitative estimate of drug-likeness (QED) is 0.627. The molecule has 0 aliphatic rings. The number of hydrogen-bond donors (Lipinski definition) is 2. The Morgan fingerprint density at radius 1 is 1.56 bits per heavy atom. The Hall–Kier alpha value is -1.76. The van der Waals surface area contributed by atoms with Crippen molar-refractivity contribution < 1.29 is 0 Å². The topological polar surface area (TPSA) is 89.6 Å². The monoisotopic (exact) mass is 265 g/mol. The van der Waals surface area contributed by atoms with Gasteiger partial charge in [-0.3, -0.25) is 4.79 Å². The van der Waals surface area contributed by atoms with Crippen molar-refractivity contribution in [1.82, 2.24) is 19.5 Å². The zero-order chi connectivity index (χ0) is 13.0. The molecular formula is C11H15N5OS. The lowest BCUT2D eigenvalue weighted by Gasteiger charge is -2.05. The first kappa shape index (κ1) is 12.7. The second kappa shape index (κ2) is 5.72. The molecule has 0 saturated carbocycles. The van der Waals surface area contributed by atoms with Crippen LogP contribution in [0, 0.1) is 0 Å². The summed E-state index contributed by atoms with van der Waals surface area (Å²) in [6.07, 6.45) is 4.70. The molecule has 7 heteroatoms. The summed E-state index contributed by atoms with van der Waals surface area (Å²) in [7, 11) is 0. The molecule has 2 aromatic rings. The maximum atomic E-state index is 11.2. The number of nitrogens with one attached hydrogen (secondary N) is 1. The van der Waals surface area contributed by atoms with Crippen LogP contribution in [0.1, 0.15) is 19.0 Å². The highest BCUT2D eigenvalue weighted by Gasteiger charge is 2.04. The van der Waals surface area contributed by atoms with Crippen LogP contribution in [0.2, 0.25) is 0 Å². The van der Waals surface area contributed by atoms with Crippen LogP contribution in [0.15, 0.2) is 28.5 Å². The van der Waals surface area contributed by atoms with E-state index in [1.165, 1.54) is 17.8 Å². The highest BCUT2D eigenvalue weighted by Crippen LogP contribution is 2.18. The van der Waals surface area contributed by atoms with Gasteiger partial charge in [-0.25, -0.2) is 9.97 Å². The third kappa shape index (κ3) is 3.13. The number of aromatic nitrogens is 4. The Labute approximate surface area is 109 Å². The molecule has 0 aliphatic carbocycles. The second-order valence-electron chi connectivity index (χ2n) is 3.84. The standard InChI is InChI=1S/C11H15N5OS/c1-2-3-16-7-13-5-8(16)6-18-11-14-9(12)4-10(17)15-11/h4-5,7H,2-3,6H2,1H3,(H3,12,14,15,17). The number of imidazole rings is 1. The molecule has 0 radical (unpaired) electrons. The Bertz CT molecular complexity index is 577. The van der Waals surface area contributed by atoms with Crippen LogP contribution in [0.25, 0.3) is 0 Å². The molecule has 0 unspecified atom stereocenters. The van der Waals surface area contributed by atoms with Gasteiger partial charge in [-0.1, -0.05) is 18.7 Å². The number of hydrogen-bond acceptors (Lipinski definition) is 5. The number of aromatic amines is 1. The fourth-order valence-corrected chi connectivity index (χ4v) is 2.44. The van der Waals surface area contributed by atoms with Crippen LogP contribution in [0.4, 0.5) is 5.82 Å². The van der Waals surface area contributed by atoms with Gasteiger partial charge in [0.1, 0.15) is 5.82 Å². The fourth-order valence-electron chi connectivity index (χ4n) is 1.57. The molecule has 2 rings (SSSR count). The molecule has 0 aromatic carbocycles. The lowest BCUT2D eigenvalue weighted by Crippen LogP contribution is -2.09. The lowest BCUT2D eigenvalue weighted by molar-refractivity contribution is 0.659. The number of nitrogens with two attached hydrogens (primary N) is 1. The minimum atomic E-state index is -0.230. The van der Waals surface area contributed by atoms with E-state index in [-0.39, 0.29) is 11.4 Å². The largest absolute Gasteiger partial charge is 0.383 e. The van der Waals surface area contributed by atoms with E-state index in [2.05, 4.69) is 26.4 Å². The summed E-state index contributed by atoms with van der Waals surface area (Å²) in [6, 6.07) is 1.27. The zero-order valence-corrected chi connectivity index (χ0v) is 10.9. The van der Waals surface area contributed by atoms with E-state index in [4.69, 9.17) is 5.73 Å². The summed E-state index contributed by atoms with van der Waals surface area (Å²) in [4.78, 5) is 22.1. The number of anilines is 1. The molecule has 0 bridgehead atoms. The fraction of sp³-hybridized carbons (Fsp3) is 0.364. The van der Waals surface area contributed by atoms with Gasteiger partial charge in [0.2, 0.25) is 0 Å². The van der Waals surface area contributed by atoms with Crippen molar-refractivity contribution in [3.63, 3.8) is 0 Å². The lowest BCUT2D eigenvalue weighted by atomic mass is 10.4. The van der Waals surface area contributed by atoms with Crippen molar-refractivity contribution in [3.8, 4) is 0 Å². The zero-order valence-electron chi connectivity index (χ0n) is 10.1. The molecule has 3 N–H and O–H groups in total. The number of H-pyrrole nitrogens is 1. The van der Waals surface area contributed by atoms with Crippen molar-refractivity contribution in [2.75, 3.05) is 5.73 Å². The number of thioether (sulfide) groups is 1. The predicted octanol–water partition coefficient (Wildman–Crippen LogP) is 1.25. The number of rotatable bonds is 5. The van der Waals surface area contributed by atoms with Crippen molar-refractivity contribution in [2.45, 2.75) is 30.8 Å². The van der Waals surface area contributed by atoms with Crippen molar-refractivity contribution in [2.24, 2.45) is 0 Å². The average Bonchev–Trinajstić information content (AvgIpc) is 2.73. The Morgan fingerprint density at radius 2 is 2.39 bits per heavy atom. The summed E-state index contributed by atoms with van der Waals surface area (Å²) >= 11 is 1.44. The molecule has 0 aliphatic heterocycles. The van der Waals surface area contributed by atoms with Gasteiger partial charge in [0.25, 0.3) is 5.56 Å². The summed E-state index contributed by atoms with van der Waals surface area (Å²) in [5, 5.41) is 0.532. The maximum absolute atomic E-state index is 11.2. The van der Waals surface area contributed by atoms with Crippen molar-refractivity contribution in [1.29, 1.82) is 0 Å². The third-order valence-corrected chi connectivity index (χ3v) is 3.27. The van der Waals surface area contributed by atoms with E-state index < -0.39 is 0 Å². The number of nitrogen functional groups attached to an aromatic ring is 1. The van der Waals surface area contributed by atoms with Gasteiger partial charge in [-0.2, -0.15) is 0 Å². The van der Waals surface area contributed by atoms with Crippen LogP contribution in [-0.2, 0) is 12.3 Å². The SMILES string of the molecule is CCCn1cncc1CSc1nc(N)cc(=O)[nH]1. The number of aryl methyl sites for hydroxylation is 1. The Morgan fingerprint density at radius 3 is 3.11 bits per heavy atom.